The van der Waals surface area contributed by atoms with E-state index in [1.807, 2.05) is 25.1 Å². The molecule has 0 aliphatic heterocycles. The van der Waals surface area contributed by atoms with E-state index in [2.05, 4.69) is 28.1 Å². The highest BCUT2D eigenvalue weighted by atomic mass is 79.9. The van der Waals surface area contributed by atoms with Gasteiger partial charge in [-0.1, -0.05) is 30.3 Å². The van der Waals surface area contributed by atoms with Gasteiger partial charge >= 0.3 is 11.9 Å². The number of carbonyl (C=O) groups excluding carboxylic acids is 2. The SMILES string of the molecule is CCOCCOC(=O)c1ccc(OC(=O)c2ccc(OCCc3ccccc3)c(Br)c2)cc1. The summed E-state index contributed by atoms with van der Waals surface area (Å²) in [5, 5.41) is 0. The molecule has 0 atom stereocenters. The van der Waals surface area contributed by atoms with Crippen molar-refractivity contribution in [3.63, 3.8) is 0 Å². The molecule has 6 nitrogen and oxygen atoms in total. The van der Waals surface area contributed by atoms with Crippen LogP contribution >= 0.6 is 15.9 Å². The summed E-state index contributed by atoms with van der Waals surface area (Å²) in [6.07, 6.45) is 0.785. The number of benzene rings is 3. The molecule has 33 heavy (non-hydrogen) atoms. The van der Waals surface area contributed by atoms with Gasteiger partial charge in [0.1, 0.15) is 18.1 Å². The summed E-state index contributed by atoms with van der Waals surface area (Å²) in [6.45, 7) is 3.50. The van der Waals surface area contributed by atoms with Crippen molar-refractivity contribution in [2.75, 3.05) is 26.4 Å². The Morgan fingerprint density at radius 3 is 2.24 bits per heavy atom. The predicted molar refractivity (Wildman–Crippen MR) is 128 cm³/mol. The van der Waals surface area contributed by atoms with Gasteiger partial charge in [-0.25, -0.2) is 9.59 Å². The zero-order chi connectivity index (χ0) is 23.5. The van der Waals surface area contributed by atoms with Crippen LogP contribution in [0.2, 0.25) is 0 Å². The van der Waals surface area contributed by atoms with E-state index in [1.54, 1.807) is 42.5 Å². The molecule has 0 amide bonds. The summed E-state index contributed by atoms with van der Waals surface area (Å²) in [5.74, 6) is -0.00204. The number of halogens is 1. The fourth-order valence-electron chi connectivity index (χ4n) is 2.91. The van der Waals surface area contributed by atoms with Crippen molar-refractivity contribution >= 4 is 27.9 Å². The van der Waals surface area contributed by atoms with E-state index in [4.69, 9.17) is 18.9 Å². The molecule has 0 aliphatic rings. The molecular weight excluding hydrogens is 488 g/mol. The molecule has 0 aliphatic carbocycles. The lowest BCUT2D eigenvalue weighted by atomic mass is 10.2. The molecule has 0 fully saturated rings. The van der Waals surface area contributed by atoms with Gasteiger partial charge in [-0.2, -0.15) is 0 Å². The number of rotatable bonds is 11. The highest BCUT2D eigenvalue weighted by molar-refractivity contribution is 9.10. The molecule has 0 saturated carbocycles. The summed E-state index contributed by atoms with van der Waals surface area (Å²) >= 11 is 3.45. The zero-order valence-electron chi connectivity index (χ0n) is 18.3. The monoisotopic (exact) mass is 512 g/mol. The molecule has 0 N–H and O–H groups in total. The summed E-state index contributed by atoms with van der Waals surface area (Å²) in [7, 11) is 0. The molecule has 172 valence electrons. The average Bonchev–Trinajstić information content (AvgIpc) is 2.84. The van der Waals surface area contributed by atoms with Crippen molar-refractivity contribution < 1.29 is 28.5 Å². The molecule has 7 heteroatoms. The molecule has 0 heterocycles. The van der Waals surface area contributed by atoms with Crippen molar-refractivity contribution in [3.05, 3.63) is 94.0 Å². The summed E-state index contributed by atoms with van der Waals surface area (Å²) < 4.78 is 22.1. The van der Waals surface area contributed by atoms with E-state index in [0.29, 0.717) is 46.9 Å². The second kappa shape index (κ2) is 12.8. The molecule has 0 spiro atoms. The summed E-state index contributed by atoms with van der Waals surface area (Å²) in [4.78, 5) is 24.5. The quantitative estimate of drug-likeness (QED) is 0.192. The third kappa shape index (κ3) is 7.73. The van der Waals surface area contributed by atoms with Crippen LogP contribution in [0.5, 0.6) is 11.5 Å². The normalized spacial score (nSPS) is 10.5. The lowest BCUT2D eigenvalue weighted by Crippen LogP contribution is -2.11. The van der Waals surface area contributed by atoms with Gasteiger partial charge in [0.05, 0.1) is 28.8 Å². The molecule has 0 aromatic heterocycles. The van der Waals surface area contributed by atoms with Crippen LogP contribution in [0.3, 0.4) is 0 Å². The van der Waals surface area contributed by atoms with Crippen LogP contribution in [-0.2, 0) is 15.9 Å². The van der Waals surface area contributed by atoms with Gasteiger partial charge in [0.15, 0.2) is 0 Å². The van der Waals surface area contributed by atoms with Crippen LogP contribution in [0.1, 0.15) is 33.2 Å². The molecular formula is C26H25BrO6. The van der Waals surface area contributed by atoms with Gasteiger partial charge in [0, 0.05) is 13.0 Å². The Labute approximate surface area is 201 Å². The first-order chi connectivity index (χ1) is 16.1. The largest absolute Gasteiger partial charge is 0.492 e. The van der Waals surface area contributed by atoms with E-state index in [1.165, 1.54) is 5.56 Å². The average molecular weight is 513 g/mol. The predicted octanol–water partition coefficient (Wildman–Crippen LogP) is 5.48. The molecule has 3 aromatic carbocycles. The second-order valence-corrected chi connectivity index (χ2v) is 7.83. The first-order valence-electron chi connectivity index (χ1n) is 10.6. The molecule has 0 bridgehead atoms. The first kappa shape index (κ1) is 24.5. The molecule has 0 saturated heterocycles. The number of hydrogen-bond acceptors (Lipinski definition) is 6. The molecule has 3 rings (SSSR count). The fraction of sp³-hybridized carbons (Fsp3) is 0.231. The standard InChI is InChI=1S/C26H25BrO6/c1-2-30-16-17-32-25(28)20-8-11-22(12-9-20)33-26(29)21-10-13-24(23(27)18-21)31-15-14-19-6-4-3-5-7-19/h3-13,18H,2,14-17H2,1H3. The highest BCUT2D eigenvalue weighted by Crippen LogP contribution is 2.27. The Bertz CT molecular complexity index is 1050. The maximum atomic E-state index is 12.5. The van der Waals surface area contributed by atoms with Crippen molar-refractivity contribution in [2.45, 2.75) is 13.3 Å². The number of hydrogen-bond donors (Lipinski definition) is 0. The van der Waals surface area contributed by atoms with Gasteiger partial charge in [0.2, 0.25) is 0 Å². The van der Waals surface area contributed by atoms with E-state index in [0.717, 1.165) is 6.42 Å². The summed E-state index contributed by atoms with van der Waals surface area (Å²) in [6, 6.07) is 21.3. The van der Waals surface area contributed by atoms with Gasteiger partial charge in [0.25, 0.3) is 0 Å². The third-order valence-corrected chi connectivity index (χ3v) is 5.24. The topological polar surface area (TPSA) is 71.1 Å². The zero-order valence-corrected chi connectivity index (χ0v) is 19.9. The fourth-order valence-corrected chi connectivity index (χ4v) is 3.41. The van der Waals surface area contributed by atoms with E-state index in [9.17, 15) is 9.59 Å². The van der Waals surface area contributed by atoms with Crippen molar-refractivity contribution in [1.29, 1.82) is 0 Å². The minimum atomic E-state index is -0.515. The van der Waals surface area contributed by atoms with E-state index < -0.39 is 11.9 Å². The number of ether oxygens (including phenoxy) is 4. The Hall–Kier alpha value is -3.16. The number of carbonyl (C=O) groups is 2. The lowest BCUT2D eigenvalue weighted by Gasteiger charge is -2.10. The van der Waals surface area contributed by atoms with Crippen LogP contribution in [0.25, 0.3) is 0 Å². The van der Waals surface area contributed by atoms with Gasteiger partial charge in [-0.15, -0.1) is 0 Å². The molecule has 0 radical (unpaired) electrons. The Kier molecular flexibility index (Phi) is 9.47. The highest BCUT2D eigenvalue weighted by Gasteiger charge is 2.13. The Morgan fingerprint density at radius 2 is 1.55 bits per heavy atom. The smallest absolute Gasteiger partial charge is 0.343 e. The minimum absolute atomic E-state index is 0.185. The van der Waals surface area contributed by atoms with Crippen molar-refractivity contribution in [2.24, 2.45) is 0 Å². The first-order valence-corrected chi connectivity index (χ1v) is 11.4. The maximum absolute atomic E-state index is 12.5. The summed E-state index contributed by atoms with van der Waals surface area (Å²) in [5.41, 5.74) is 1.93. The molecule has 0 unspecified atom stereocenters. The Morgan fingerprint density at radius 1 is 0.818 bits per heavy atom. The van der Waals surface area contributed by atoms with Crippen LogP contribution in [-0.4, -0.2) is 38.4 Å². The van der Waals surface area contributed by atoms with Crippen LogP contribution in [0, 0.1) is 0 Å². The van der Waals surface area contributed by atoms with E-state index in [-0.39, 0.29) is 6.61 Å². The number of esters is 2. The van der Waals surface area contributed by atoms with E-state index >= 15 is 0 Å². The minimum Gasteiger partial charge on any atom is -0.492 e. The third-order valence-electron chi connectivity index (χ3n) is 4.62. The maximum Gasteiger partial charge on any atom is 0.343 e. The van der Waals surface area contributed by atoms with Crippen molar-refractivity contribution in [1.82, 2.24) is 0 Å². The van der Waals surface area contributed by atoms with Gasteiger partial charge in [-0.05, 0) is 70.9 Å². The van der Waals surface area contributed by atoms with Crippen molar-refractivity contribution in [3.8, 4) is 11.5 Å². The van der Waals surface area contributed by atoms with Crippen LogP contribution in [0.4, 0.5) is 0 Å². The van der Waals surface area contributed by atoms with Gasteiger partial charge < -0.3 is 18.9 Å². The van der Waals surface area contributed by atoms with Crippen LogP contribution < -0.4 is 9.47 Å². The Balaban J connectivity index is 1.51. The second-order valence-electron chi connectivity index (χ2n) is 6.98. The van der Waals surface area contributed by atoms with Crippen LogP contribution in [0.15, 0.2) is 77.3 Å². The van der Waals surface area contributed by atoms with Gasteiger partial charge in [-0.3, -0.25) is 0 Å². The molecule has 3 aromatic rings. The lowest BCUT2D eigenvalue weighted by molar-refractivity contribution is 0.0335.